The standard InChI is InChI=1S/C11H22N4O/c1-4-15-9-10(8-13-15)11(7-12)14(2)5-6-16-3/h8-9,11H,4-7,12H2,1-3H3. The molecule has 16 heavy (non-hydrogen) atoms. The van der Waals surface area contributed by atoms with E-state index in [1.165, 1.54) is 5.56 Å². The van der Waals surface area contributed by atoms with E-state index in [-0.39, 0.29) is 6.04 Å². The second kappa shape index (κ2) is 6.62. The molecule has 0 saturated carbocycles. The quantitative estimate of drug-likeness (QED) is 0.735. The van der Waals surface area contributed by atoms with Crippen molar-refractivity contribution in [2.45, 2.75) is 19.5 Å². The highest BCUT2D eigenvalue weighted by Crippen LogP contribution is 2.16. The van der Waals surface area contributed by atoms with Crippen LogP contribution in [-0.4, -0.2) is 48.5 Å². The highest BCUT2D eigenvalue weighted by Gasteiger charge is 2.16. The summed E-state index contributed by atoms with van der Waals surface area (Å²) in [6.07, 6.45) is 3.95. The van der Waals surface area contributed by atoms with Crippen LogP contribution in [0.3, 0.4) is 0 Å². The number of rotatable bonds is 7. The van der Waals surface area contributed by atoms with Crippen molar-refractivity contribution in [3.63, 3.8) is 0 Å². The minimum absolute atomic E-state index is 0.218. The van der Waals surface area contributed by atoms with Gasteiger partial charge in [-0.15, -0.1) is 0 Å². The number of aryl methyl sites for hydroxylation is 1. The largest absolute Gasteiger partial charge is 0.383 e. The lowest BCUT2D eigenvalue weighted by atomic mass is 10.1. The van der Waals surface area contributed by atoms with E-state index in [2.05, 4.69) is 30.2 Å². The van der Waals surface area contributed by atoms with Crippen molar-refractivity contribution in [3.8, 4) is 0 Å². The maximum Gasteiger partial charge on any atom is 0.0589 e. The van der Waals surface area contributed by atoms with Gasteiger partial charge in [0.05, 0.1) is 12.8 Å². The molecule has 1 rings (SSSR count). The van der Waals surface area contributed by atoms with Gasteiger partial charge in [-0.1, -0.05) is 0 Å². The summed E-state index contributed by atoms with van der Waals surface area (Å²) in [6, 6.07) is 0.218. The maximum atomic E-state index is 5.81. The summed E-state index contributed by atoms with van der Waals surface area (Å²) in [7, 11) is 3.76. The molecule has 92 valence electrons. The molecule has 0 aliphatic carbocycles. The van der Waals surface area contributed by atoms with Gasteiger partial charge in [0.15, 0.2) is 0 Å². The summed E-state index contributed by atoms with van der Waals surface area (Å²) in [4.78, 5) is 2.19. The Bertz CT molecular complexity index is 300. The van der Waals surface area contributed by atoms with Gasteiger partial charge >= 0.3 is 0 Å². The zero-order valence-electron chi connectivity index (χ0n) is 10.4. The number of nitrogens with two attached hydrogens (primary N) is 1. The fraction of sp³-hybridized carbons (Fsp3) is 0.727. The van der Waals surface area contributed by atoms with Crippen molar-refractivity contribution in [2.24, 2.45) is 5.73 Å². The van der Waals surface area contributed by atoms with E-state index in [0.717, 1.165) is 19.7 Å². The first-order valence-corrected chi connectivity index (χ1v) is 5.64. The van der Waals surface area contributed by atoms with Gasteiger partial charge in [-0.25, -0.2) is 0 Å². The van der Waals surface area contributed by atoms with Crippen molar-refractivity contribution in [1.29, 1.82) is 0 Å². The Kier molecular flexibility index (Phi) is 5.45. The molecule has 0 aromatic carbocycles. The van der Waals surface area contributed by atoms with Crippen LogP contribution in [0.2, 0.25) is 0 Å². The van der Waals surface area contributed by atoms with Crippen LogP contribution >= 0.6 is 0 Å². The summed E-state index contributed by atoms with van der Waals surface area (Å²) in [5.74, 6) is 0. The van der Waals surface area contributed by atoms with Gasteiger partial charge in [-0.3, -0.25) is 9.58 Å². The van der Waals surface area contributed by atoms with Crippen LogP contribution in [0.5, 0.6) is 0 Å². The average molecular weight is 226 g/mol. The molecule has 5 heteroatoms. The molecule has 1 unspecified atom stereocenters. The normalized spacial score (nSPS) is 13.3. The van der Waals surface area contributed by atoms with E-state index >= 15 is 0 Å². The fourth-order valence-electron chi connectivity index (χ4n) is 1.69. The number of ether oxygens (including phenoxy) is 1. The Balaban J connectivity index is 2.65. The van der Waals surface area contributed by atoms with Gasteiger partial charge in [0.1, 0.15) is 0 Å². The number of hydrogen-bond donors (Lipinski definition) is 1. The van der Waals surface area contributed by atoms with Gasteiger partial charge in [0, 0.05) is 44.5 Å². The number of hydrogen-bond acceptors (Lipinski definition) is 4. The second-order valence-electron chi connectivity index (χ2n) is 3.85. The second-order valence-corrected chi connectivity index (χ2v) is 3.85. The van der Waals surface area contributed by atoms with E-state index in [1.807, 2.05) is 10.9 Å². The lowest BCUT2D eigenvalue weighted by Gasteiger charge is -2.25. The highest BCUT2D eigenvalue weighted by atomic mass is 16.5. The lowest BCUT2D eigenvalue weighted by molar-refractivity contribution is 0.140. The van der Waals surface area contributed by atoms with Crippen molar-refractivity contribution in [1.82, 2.24) is 14.7 Å². The average Bonchev–Trinajstić information content (AvgIpc) is 2.76. The molecule has 0 saturated heterocycles. The van der Waals surface area contributed by atoms with E-state index in [1.54, 1.807) is 7.11 Å². The van der Waals surface area contributed by atoms with Crippen LogP contribution in [0.4, 0.5) is 0 Å². The Morgan fingerprint density at radius 2 is 2.38 bits per heavy atom. The summed E-state index contributed by atoms with van der Waals surface area (Å²) < 4.78 is 6.98. The molecule has 0 spiro atoms. The van der Waals surface area contributed by atoms with Gasteiger partial charge in [-0.2, -0.15) is 5.10 Å². The highest BCUT2D eigenvalue weighted by molar-refractivity contribution is 5.11. The zero-order chi connectivity index (χ0) is 12.0. The minimum Gasteiger partial charge on any atom is -0.383 e. The van der Waals surface area contributed by atoms with Crippen molar-refractivity contribution >= 4 is 0 Å². The number of likely N-dealkylation sites (N-methyl/N-ethyl adjacent to an activating group) is 1. The first kappa shape index (κ1) is 13.2. The number of aromatic nitrogens is 2. The van der Waals surface area contributed by atoms with Gasteiger partial charge in [0.2, 0.25) is 0 Å². The van der Waals surface area contributed by atoms with Crippen LogP contribution in [0.15, 0.2) is 12.4 Å². The molecule has 1 heterocycles. The smallest absolute Gasteiger partial charge is 0.0589 e. The Labute approximate surface area is 97.2 Å². The first-order chi connectivity index (χ1) is 7.72. The lowest BCUT2D eigenvalue weighted by Crippen LogP contribution is -2.32. The summed E-state index contributed by atoms with van der Waals surface area (Å²) in [5.41, 5.74) is 6.98. The maximum absolute atomic E-state index is 5.81. The molecule has 0 aliphatic rings. The summed E-state index contributed by atoms with van der Waals surface area (Å²) in [5, 5.41) is 4.27. The van der Waals surface area contributed by atoms with E-state index in [4.69, 9.17) is 10.5 Å². The predicted octanol–water partition coefficient (Wildman–Crippen LogP) is 0.481. The Morgan fingerprint density at radius 1 is 1.62 bits per heavy atom. The molecule has 1 aromatic heterocycles. The van der Waals surface area contributed by atoms with E-state index < -0.39 is 0 Å². The van der Waals surface area contributed by atoms with Crippen LogP contribution in [0.1, 0.15) is 18.5 Å². The fourth-order valence-corrected chi connectivity index (χ4v) is 1.69. The molecule has 0 amide bonds. The molecule has 5 nitrogen and oxygen atoms in total. The Hall–Kier alpha value is -0.910. The first-order valence-electron chi connectivity index (χ1n) is 5.64. The molecule has 2 N–H and O–H groups in total. The molecule has 0 aliphatic heterocycles. The Morgan fingerprint density at radius 3 is 2.88 bits per heavy atom. The topological polar surface area (TPSA) is 56.3 Å². The number of nitrogens with zero attached hydrogens (tertiary/aromatic N) is 3. The third kappa shape index (κ3) is 3.30. The molecular formula is C11H22N4O. The minimum atomic E-state index is 0.218. The van der Waals surface area contributed by atoms with E-state index in [0.29, 0.717) is 6.54 Å². The van der Waals surface area contributed by atoms with Gasteiger partial charge in [0.25, 0.3) is 0 Å². The van der Waals surface area contributed by atoms with Crippen molar-refractivity contribution in [3.05, 3.63) is 18.0 Å². The monoisotopic (exact) mass is 226 g/mol. The SMILES string of the molecule is CCn1cc(C(CN)N(C)CCOC)cn1. The number of methoxy groups -OCH3 is 1. The molecule has 0 radical (unpaired) electrons. The van der Waals surface area contributed by atoms with Crippen LogP contribution in [0.25, 0.3) is 0 Å². The van der Waals surface area contributed by atoms with Crippen molar-refractivity contribution in [2.75, 3.05) is 33.9 Å². The van der Waals surface area contributed by atoms with E-state index in [9.17, 15) is 0 Å². The van der Waals surface area contributed by atoms with Crippen molar-refractivity contribution < 1.29 is 4.74 Å². The van der Waals surface area contributed by atoms with Crippen LogP contribution in [-0.2, 0) is 11.3 Å². The summed E-state index contributed by atoms with van der Waals surface area (Å²) >= 11 is 0. The third-order valence-corrected chi connectivity index (χ3v) is 2.77. The van der Waals surface area contributed by atoms with Gasteiger partial charge < -0.3 is 10.5 Å². The molecule has 0 bridgehead atoms. The predicted molar refractivity (Wildman–Crippen MR) is 64.2 cm³/mol. The van der Waals surface area contributed by atoms with Crippen LogP contribution in [0, 0.1) is 0 Å². The molecule has 1 atom stereocenters. The molecular weight excluding hydrogens is 204 g/mol. The van der Waals surface area contributed by atoms with Crippen LogP contribution < -0.4 is 5.73 Å². The molecule has 1 aromatic rings. The summed E-state index contributed by atoms with van der Waals surface area (Å²) in [6.45, 7) is 5.14. The third-order valence-electron chi connectivity index (χ3n) is 2.77. The van der Waals surface area contributed by atoms with Gasteiger partial charge in [-0.05, 0) is 14.0 Å². The zero-order valence-corrected chi connectivity index (χ0v) is 10.4. The molecule has 0 fully saturated rings.